The Kier molecular flexibility index (Phi) is 4.83. The highest BCUT2D eigenvalue weighted by atomic mass is 35.5. The van der Waals surface area contributed by atoms with Gasteiger partial charge in [0, 0.05) is 30.3 Å². The first-order valence-corrected chi connectivity index (χ1v) is 7.63. The molecule has 1 atom stereocenters. The molecule has 0 fully saturated rings. The molecule has 0 saturated carbocycles. The quantitative estimate of drug-likeness (QED) is 0.724. The maximum atomic E-state index is 14.0. The van der Waals surface area contributed by atoms with Crippen molar-refractivity contribution in [1.82, 2.24) is 0 Å². The first-order valence-electron chi connectivity index (χ1n) is 6.21. The summed E-state index contributed by atoms with van der Waals surface area (Å²) in [6.45, 7) is 2.11. The molecule has 0 radical (unpaired) electrons. The van der Waals surface area contributed by atoms with Gasteiger partial charge in [-0.1, -0.05) is 12.1 Å². The Labute approximate surface area is 122 Å². The van der Waals surface area contributed by atoms with Crippen LogP contribution in [0.15, 0.2) is 35.7 Å². The van der Waals surface area contributed by atoms with Gasteiger partial charge in [-0.15, -0.1) is 22.9 Å². The summed E-state index contributed by atoms with van der Waals surface area (Å²) in [5, 5.41) is 2.07. The molecular formula is C15H17ClFNS. The van der Waals surface area contributed by atoms with Crippen LogP contribution >= 0.6 is 22.9 Å². The number of benzene rings is 1. The van der Waals surface area contributed by atoms with Crippen LogP contribution in [0.2, 0.25) is 0 Å². The van der Waals surface area contributed by atoms with Crippen molar-refractivity contribution < 1.29 is 4.39 Å². The molecule has 102 valence electrons. The van der Waals surface area contributed by atoms with Gasteiger partial charge in [-0.25, -0.2) is 4.39 Å². The van der Waals surface area contributed by atoms with E-state index in [-0.39, 0.29) is 11.9 Å². The molecule has 0 bridgehead atoms. The summed E-state index contributed by atoms with van der Waals surface area (Å²) in [6.07, 6.45) is 0.921. The van der Waals surface area contributed by atoms with Crippen LogP contribution in [0.25, 0.3) is 0 Å². The van der Waals surface area contributed by atoms with Gasteiger partial charge < -0.3 is 4.90 Å². The van der Waals surface area contributed by atoms with E-state index < -0.39 is 0 Å². The summed E-state index contributed by atoms with van der Waals surface area (Å²) in [7, 11) is 1.93. The van der Waals surface area contributed by atoms with Crippen LogP contribution < -0.4 is 4.90 Å². The topological polar surface area (TPSA) is 3.24 Å². The van der Waals surface area contributed by atoms with Gasteiger partial charge in [-0.3, -0.25) is 0 Å². The van der Waals surface area contributed by atoms with Crippen molar-refractivity contribution in [2.75, 3.05) is 11.9 Å². The third kappa shape index (κ3) is 3.48. The predicted octanol–water partition coefficient (Wildman–Crippen LogP) is 4.69. The average Bonchev–Trinajstić information content (AvgIpc) is 2.90. The third-order valence-corrected chi connectivity index (χ3v) is 4.49. The molecule has 0 aliphatic rings. The number of hydrogen-bond donors (Lipinski definition) is 0. The van der Waals surface area contributed by atoms with Gasteiger partial charge in [0.05, 0.1) is 5.69 Å². The summed E-state index contributed by atoms with van der Waals surface area (Å²) in [5.41, 5.74) is 1.43. The van der Waals surface area contributed by atoms with Gasteiger partial charge in [0.2, 0.25) is 0 Å². The molecule has 0 aliphatic heterocycles. The van der Waals surface area contributed by atoms with Crippen molar-refractivity contribution in [2.24, 2.45) is 0 Å². The highest BCUT2D eigenvalue weighted by Gasteiger charge is 2.15. The molecule has 19 heavy (non-hydrogen) atoms. The lowest BCUT2D eigenvalue weighted by molar-refractivity contribution is 0.604. The standard InChI is InChI=1S/C15H17ClFNS/c1-11(8-13-4-3-7-19-13)18(2)15-6-5-12(10-16)9-14(15)17/h3-7,9,11H,8,10H2,1-2H3. The van der Waals surface area contributed by atoms with E-state index in [0.29, 0.717) is 11.6 Å². The van der Waals surface area contributed by atoms with Crippen molar-refractivity contribution in [1.29, 1.82) is 0 Å². The average molecular weight is 298 g/mol. The molecule has 1 unspecified atom stereocenters. The number of alkyl halides is 1. The zero-order chi connectivity index (χ0) is 13.8. The van der Waals surface area contributed by atoms with Gasteiger partial charge >= 0.3 is 0 Å². The van der Waals surface area contributed by atoms with Crippen molar-refractivity contribution >= 4 is 28.6 Å². The van der Waals surface area contributed by atoms with Gasteiger partial charge in [-0.05, 0) is 36.1 Å². The lowest BCUT2D eigenvalue weighted by Crippen LogP contribution is -2.31. The van der Waals surface area contributed by atoms with E-state index in [9.17, 15) is 4.39 Å². The van der Waals surface area contributed by atoms with Crippen molar-refractivity contribution in [3.8, 4) is 0 Å². The second-order valence-corrected chi connectivity index (χ2v) is 5.96. The first-order chi connectivity index (χ1) is 9.11. The fourth-order valence-electron chi connectivity index (χ4n) is 2.01. The van der Waals surface area contributed by atoms with E-state index in [2.05, 4.69) is 18.4 Å². The highest BCUT2D eigenvalue weighted by Crippen LogP contribution is 2.24. The Hall–Kier alpha value is -1.06. The summed E-state index contributed by atoms with van der Waals surface area (Å²) >= 11 is 7.45. The number of halogens is 2. The number of anilines is 1. The molecular weight excluding hydrogens is 281 g/mol. The number of thiophene rings is 1. The van der Waals surface area contributed by atoms with Crippen LogP contribution in [0.3, 0.4) is 0 Å². The van der Waals surface area contributed by atoms with Crippen LogP contribution in [-0.4, -0.2) is 13.1 Å². The number of nitrogens with zero attached hydrogens (tertiary/aromatic N) is 1. The minimum atomic E-state index is -0.210. The molecule has 2 aromatic rings. The molecule has 1 heterocycles. The zero-order valence-corrected chi connectivity index (χ0v) is 12.6. The summed E-state index contributed by atoms with van der Waals surface area (Å²) in [6, 6.07) is 9.59. The van der Waals surface area contributed by atoms with E-state index in [1.165, 1.54) is 10.9 Å². The Bertz CT molecular complexity index is 527. The Morgan fingerprint density at radius 2 is 2.16 bits per heavy atom. The van der Waals surface area contributed by atoms with E-state index >= 15 is 0 Å². The molecule has 0 spiro atoms. The molecule has 2 rings (SSSR count). The molecule has 1 aromatic carbocycles. The molecule has 0 aliphatic carbocycles. The van der Waals surface area contributed by atoms with Gasteiger partial charge in [0.15, 0.2) is 0 Å². The fourth-order valence-corrected chi connectivity index (χ4v) is 3.01. The second-order valence-electron chi connectivity index (χ2n) is 4.66. The van der Waals surface area contributed by atoms with Crippen LogP contribution in [0.4, 0.5) is 10.1 Å². The van der Waals surface area contributed by atoms with Crippen molar-refractivity contribution in [2.45, 2.75) is 25.3 Å². The Morgan fingerprint density at radius 1 is 1.37 bits per heavy atom. The number of rotatable bonds is 5. The molecule has 0 amide bonds. The minimum Gasteiger partial charge on any atom is -0.369 e. The summed E-state index contributed by atoms with van der Waals surface area (Å²) in [4.78, 5) is 3.30. The molecule has 4 heteroatoms. The molecule has 1 aromatic heterocycles. The molecule has 1 nitrogen and oxygen atoms in total. The third-order valence-electron chi connectivity index (χ3n) is 3.28. The van der Waals surface area contributed by atoms with Gasteiger partial charge in [0.1, 0.15) is 5.82 Å². The van der Waals surface area contributed by atoms with E-state index in [0.717, 1.165) is 12.0 Å². The van der Waals surface area contributed by atoms with E-state index in [4.69, 9.17) is 11.6 Å². The lowest BCUT2D eigenvalue weighted by Gasteiger charge is -2.27. The van der Waals surface area contributed by atoms with Crippen LogP contribution in [0, 0.1) is 5.82 Å². The summed E-state index contributed by atoms with van der Waals surface area (Å²) in [5.74, 6) is 0.129. The predicted molar refractivity (Wildman–Crippen MR) is 81.8 cm³/mol. The first kappa shape index (κ1) is 14.4. The van der Waals surface area contributed by atoms with Crippen molar-refractivity contribution in [3.63, 3.8) is 0 Å². The number of hydrogen-bond acceptors (Lipinski definition) is 2. The van der Waals surface area contributed by atoms with Crippen molar-refractivity contribution in [3.05, 3.63) is 52.0 Å². The Morgan fingerprint density at radius 3 is 2.74 bits per heavy atom. The molecule has 0 N–H and O–H groups in total. The van der Waals surface area contributed by atoms with Gasteiger partial charge in [0.25, 0.3) is 0 Å². The Balaban J connectivity index is 2.12. The lowest BCUT2D eigenvalue weighted by atomic mass is 10.1. The normalized spacial score (nSPS) is 12.4. The largest absolute Gasteiger partial charge is 0.369 e. The van der Waals surface area contributed by atoms with Crippen LogP contribution in [-0.2, 0) is 12.3 Å². The number of likely N-dealkylation sites (N-methyl/N-ethyl adjacent to an activating group) is 1. The van der Waals surface area contributed by atoms with E-state index in [1.54, 1.807) is 17.4 Å². The maximum absolute atomic E-state index is 14.0. The van der Waals surface area contributed by atoms with Crippen LogP contribution in [0.5, 0.6) is 0 Å². The monoisotopic (exact) mass is 297 g/mol. The highest BCUT2D eigenvalue weighted by molar-refractivity contribution is 7.09. The van der Waals surface area contributed by atoms with E-state index in [1.807, 2.05) is 24.1 Å². The minimum absolute atomic E-state index is 0.210. The molecule has 0 saturated heterocycles. The second kappa shape index (κ2) is 6.40. The fraction of sp³-hybridized carbons (Fsp3) is 0.333. The van der Waals surface area contributed by atoms with Crippen LogP contribution in [0.1, 0.15) is 17.4 Å². The maximum Gasteiger partial charge on any atom is 0.146 e. The zero-order valence-electron chi connectivity index (χ0n) is 11.1. The smallest absolute Gasteiger partial charge is 0.146 e. The SMILES string of the molecule is CC(Cc1cccs1)N(C)c1ccc(CCl)cc1F. The van der Waals surface area contributed by atoms with Gasteiger partial charge in [-0.2, -0.15) is 0 Å². The summed E-state index contributed by atoms with van der Waals surface area (Å²) < 4.78 is 14.0.